The third kappa shape index (κ3) is 4.99. The molecule has 0 aliphatic rings. The lowest BCUT2D eigenvalue weighted by atomic mass is 10.1. The lowest BCUT2D eigenvalue weighted by molar-refractivity contribution is 0.0689. The topological polar surface area (TPSA) is 49.3 Å². The van der Waals surface area contributed by atoms with Gasteiger partial charge in [-0.15, -0.1) is 0 Å². The van der Waals surface area contributed by atoms with Crippen LogP contribution >= 0.6 is 0 Å². The van der Waals surface area contributed by atoms with Gasteiger partial charge in [-0.25, -0.2) is 9.97 Å². The molecule has 0 bridgehead atoms. The van der Waals surface area contributed by atoms with Crippen LogP contribution in [0.25, 0.3) is 0 Å². The fourth-order valence-electron chi connectivity index (χ4n) is 3.24. The zero-order chi connectivity index (χ0) is 20.8. The van der Waals surface area contributed by atoms with Crippen LogP contribution in [0.4, 0.5) is 11.6 Å². The molecule has 29 heavy (non-hydrogen) atoms. The van der Waals surface area contributed by atoms with E-state index in [2.05, 4.69) is 35.9 Å². The maximum atomic E-state index is 13.1. The van der Waals surface area contributed by atoms with Gasteiger partial charge in [-0.1, -0.05) is 42.5 Å². The molecule has 150 valence electrons. The third-order valence-electron chi connectivity index (χ3n) is 4.84. The summed E-state index contributed by atoms with van der Waals surface area (Å²) in [4.78, 5) is 25.9. The minimum atomic E-state index is -0.0611. The van der Waals surface area contributed by atoms with Crippen LogP contribution in [-0.2, 0) is 6.54 Å². The standard InChI is InChI=1S/C24H28N4O/c1-5-27(22-13-9-10-19(4)14-22)24-25-15-21(16-26-24)23(29)28(18(2)3)17-20-11-7-6-8-12-20/h6-16,18H,5,17H2,1-4H3. The van der Waals surface area contributed by atoms with Crippen LogP contribution in [0.15, 0.2) is 67.0 Å². The molecule has 1 amide bonds. The largest absolute Gasteiger partial charge is 0.332 e. The van der Waals surface area contributed by atoms with Crippen molar-refractivity contribution >= 4 is 17.5 Å². The van der Waals surface area contributed by atoms with Gasteiger partial charge < -0.3 is 9.80 Å². The highest BCUT2D eigenvalue weighted by molar-refractivity contribution is 5.94. The number of carbonyl (C=O) groups is 1. The molecule has 0 atom stereocenters. The van der Waals surface area contributed by atoms with Crippen molar-refractivity contribution in [3.63, 3.8) is 0 Å². The second kappa shape index (κ2) is 9.32. The first kappa shape index (κ1) is 20.5. The van der Waals surface area contributed by atoms with Gasteiger partial charge in [-0.05, 0) is 51.0 Å². The van der Waals surface area contributed by atoms with Crippen LogP contribution in [0.2, 0.25) is 0 Å². The summed E-state index contributed by atoms with van der Waals surface area (Å²) in [5, 5.41) is 0. The van der Waals surface area contributed by atoms with Crippen molar-refractivity contribution in [1.82, 2.24) is 14.9 Å². The molecule has 5 nitrogen and oxygen atoms in total. The van der Waals surface area contributed by atoms with E-state index in [1.54, 1.807) is 12.4 Å². The van der Waals surface area contributed by atoms with Crippen LogP contribution in [0, 0.1) is 6.92 Å². The molecule has 2 aromatic carbocycles. The van der Waals surface area contributed by atoms with E-state index in [1.807, 2.05) is 66.1 Å². The first-order valence-corrected chi connectivity index (χ1v) is 10.0. The van der Waals surface area contributed by atoms with Crippen LogP contribution in [-0.4, -0.2) is 33.4 Å². The Kier molecular flexibility index (Phi) is 6.60. The van der Waals surface area contributed by atoms with Gasteiger partial charge in [0, 0.05) is 37.2 Å². The molecular weight excluding hydrogens is 360 g/mol. The number of rotatable bonds is 7. The molecule has 0 spiro atoms. The summed E-state index contributed by atoms with van der Waals surface area (Å²) in [5.41, 5.74) is 3.82. The number of anilines is 2. The van der Waals surface area contributed by atoms with Crippen molar-refractivity contribution in [3.8, 4) is 0 Å². The van der Waals surface area contributed by atoms with Crippen molar-refractivity contribution in [2.24, 2.45) is 0 Å². The van der Waals surface area contributed by atoms with Crippen LogP contribution < -0.4 is 4.90 Å². The summed E-state index contributed by atoms with van der Waals surface area (Å²) in [6, 6.07) is 18.3. The van der Waals surface area contributed by atoms with Gasteiger partial charge in [-0.2, -0.15) is 0 Å². The van der Waals surface area contributed by atoms with E-state index in [0.29, 0.717) is 18.1 Å². The molecule has 5 heteroatoms. The fraction of sp³-hybridized carbons (Fsp3) is 0.292. The summed E-state index contributed by atoms with van der Waals surface area (Å²) in [5.74, 6) is 0.530. The second-order valence-corrected chi connectivity index (χ2v) is 7.37. The Morgan fingerprint density at radius 3 is 2.28 bits per heavy atom. The Labute approximate surface area is 173 Å². The first-order chi connectivity index (χ1) is 14.0. The van der Waals surface area contributed by atoms with E-state index < -0.39 is 0 Å². The van der Waals surface area contributed by atoms with Gasteiger partial charge in [0.15, 0.2) is 0 Å². The number of hydrogen-bond acceptors (Lipinski definition) is 4. The highest BCUT2D eigenvalue weighted by Gasteiger charge is 2.20. The summed E-state index contributed by atoms with van der Waals surface area (Å²) < 4.78 is 0. The zero-order valence-corrected chi connectivity index (χ0v) is 17.5. The Morgan fingerprint density at radius 2 is 1.69 bits per heavy atom. The summed E-state index contributed by atoms with van der Waals surface area (Å²) in [6.45, 7) is 9.46. The molecule has 0 saturated carbocycles. The quantitative estimate of drug-likeness (QED) is 0.572. The predicted molar refractivity (Wildman–Crippen MR) is 117 cm³/mol. The predicted octanol–water partition coefficient (Wildman–Crippen LogP) is 4.99. The third-order valence-corrected chi connectivity index (χ3v) is 4.84. The van der Waals surface area contributed by atoms with Gasteiger partial charge in [0.25, 0.3) is 5.91 Å². The molecule has 0 saturated heterocycles. The molecular formula is C24H28N4O. The zero-order valence-electron chi connectivity index (χ0n) is 17.5. The van der Waals surface area contributed by atoms with Crippen molar-refractivity contribution in [1.29, 1.82) is 0 Å². The van der Waals surface area contributed by atoms with E-state index in [9.17, 15) is 4.79 Å². The molecule has 3 aromatic rings. The van der Waals surface area contributed by atoms with Crippen LogP contribution in [0.1, 0.15) is 42.3 Å². The van der Waals surface area contributed by atoms with Crippen LogP contribution in [0.3, 0.4) is 0 Å². The van der Waals surface area contributed by atoms with Gasteiger partial charge >= 0.3 is 0 Å². The molecule has 0 aliphatic heterocycles. The maximum absolute atomic E-state index is 13.1. The van der Waals surface area contributed by atoms with E-state index in [0.717, 1.165) is 17.8 Å². The molecule has 0 radical (unpaired) electrons. The molecule has 0 fully saturated rings. The molecule has 0 unspecified atom stereocenters. The first-order valence-electron chi connectivity index (χ1n) is 10.0. The number of amides is 1. The van der Waals surface area contributed by atoms with E-state index >= 15 is 0 Å². The van der Waals surface area contributed by atoms with Gasteiger partial charge in [-0.3, -0.25) is 4.79 Å². The molecule has 0 aliphatic carbocycles. The number of nitrogens with zero attached hydrogens (tertiary/aromatic N) is 4. The average molecular weight is 389 g/mol. The Hall–Kier alpha value is -3.21. The van der Waals surface area contributed by atoms with Gasteiger partial charge in [0.05, 0.1) is 5.56 Å². The van der Waals surface area contributed by atoms with E-state index in [1.165, 1.54) is 5.56 Å². The SMILES string of the molecule is CCN(c1cccc(C)c1)c1ncc(C(=O)N(Cc2ccccc2)C(C)C)cn1. The summed E-state index contributed by atoms with van der Waals surface area (Å²) in [7, 11) is 0. The van der Waals surface area contributed by atoms with E-state index in [4.69, 9.17) is 0 Å². The average Bonchev–Trinajstić information content (AvgIpc) is 2.73. The molecule has 1 heterocycles. The second-order valence-electron chi connectivity index (χ2n) is 7.37. The highest BCUT2D eigenvalue weighted by Crippen LogP contribution is 2.23. The summed E-state index contributed by atoms with van der Waals surface area (Å²) >= 11 is 0. The van der Waals surface area contributed by atoms with Crippen molar-refractivity contribution in [2.75, 3.05) is 11.4 Å². The Balaban J connectivity index is 1.81. The van der Waals surface area contributed by atoms with Crippen molar-refractivity contribution in [3.05, 3.63) is 83.7 Å². The van der Waals surface area contributed by atoms with E-state index in [-0.39, 0.29) is 11.9 Å². The van der Waals surface area contributed by atoms with Crippen LogP contribution in [0.5, 0.6) is 0 Å². The van der Waals surface area contributed by atoms with Crippen molar-refractivity contribution in [2.45, 2.75) is 40.3 Å². The lowest BCUT2D eigenvalue weighted by Crippen LogP contribution is -2.36. The fourth-order valence-corrected chi connectivity index (χ4v) is 3.24. The molecule has 3 rings (SSSR count). The monoisotopic (exact) mass is 388 g/mol. The minimum absolute atomic E-state index is 0.0611. The number of hydrogen-bond donors (Lipinski definition) is 0. The maximum Gasteiger partial charge on any atom is 0.257 e. The smallest absolute Gasteiger partial charge is 0.257 e. The number of aromatic nitrogens is 2. The van der Waals surface area contributed by atoms with Gasteiger partial charge in [0.2, 0.25) is 5.95 Å². The summed E-state index contributed by atoms with van der Waals surface area (Å²) in [6.07, 6.45) is 3.26. The number of carbonyl (C=O) groups excluding carboxylic acids is 1. The molecule has 0 N–H and O–H groups in total. The minimum Gasteiger partial charge on any atom is -0.332 e. The van der Waals surface area contributed by atoms with Crippen molar-refractivity contribution < 1.29 is 4.79 Å². The Morgan fingerprint density at radius 1 is 1.00 bits per heavy atom. The highest BCUT2D eigenvalue weighted by atomic mass is 16.2. The van der Waals surface area contributed by atoms with Gasteiger partial charge in [0.1, 0.15) is 0 Å². The lowest BCUT2D eigenvalue weighted by Gasteiger charge is -2.27. The molecule has 1 aromatic heterocycles. The normalized spacial score (nSPS) is 10.8. The number of benzene rings is 2. The number of aryl methyl sites for hydroxylation is 1. The Bertz CT molecular complexity index is 939.